The highest BCUT2D eigenvalue weighted by Crippen LogP contribution is 2.55. The molecule has 19 unspecified atom stereocenters. The number of aliphatic hydroxyl groups excluding tert-OH is 3. The Morgan fingerprint density at radius 1 is 0.847 bits per heavy atom. The molecule has 2 saturated carbocycles. The third kappa shape index (κ3) is 7.48. The van der Waals surface area contributed by atoms with Crippen molar-refractivity contribution in [2.75, 3.05) is 21.2 Å². The van der Waals surface area contributed by atoms with Crippen LogP contribution in [0.2, 0.25) is 0 Å². The normalized spacial score (nSPS) is 50.0. The molecule has 8 aliphatic rings. The monoisotopic (exact) mass is 835 g/mol. The number of allylic oxidation sites excluding steroid dienone is 1. The second-order valence-electron chi connectivity index (χ2n) is 18.4. The van der Waals surface area contributed by atoms with Gasteiger partial charge in [0.1, 0.15) is 24.4 Å². The van der Waals surface area contributed by atoms with Gasteiger partial charge in [-0.3, -0.25) is 19.2 Å². The summed E-state index contributed by atoms with van der Waals surface area (Å²) >= 11 is 0. The highest BCUT2D eigenvalue weighted by atomic mass is 16.8. The van der Waals surface area contributed by atoms with Crippen molar-refractivity contribution in [1.29, 1.82) is 0 Å². The molecule has 0 spiro atoms. The predicted molar refractivity (Wildman–Crippen MR) is 201 cm³/mol. The lowest BCUT2D eigenvalue weighted by Gasteiger charge is -2.56. The number of esters is 1. The first-order valence-corrected chi connectivity index (χ1v) is 21.4. The molecule has 59 heavy (non-hydrogen) atoms. The van der Waals surface area contributed by atoms with Crippen LogP contribution in [0, 0.1) is 29.6 Å². The van der Waals surface area contributed by atoms with Gasteiger partial charge in [0.05, 0.1) is 73.2 Å². The summed E-state index contributed by atoms with van der Waals surface area (Å²) in [4.78, 5) is 56.2. The van der Waals surface area contributed by atoms with Crippen LogP contribution in [0.3, 0.4) is 0 Å². The molecule has 0 aromatic rings. The van der Waals surface area contributed by atoms with Crippen LogP contribution in [0.15, 0.2) is 11.1 Å². The summed E-state index contributed by atoms with van der Waals surface area (Å²) in [5.41, 5.74) is -1.76. The van der Waals surface area contributed by atoms with Crippen molar-refractivity contribution in [2.45, 2.75) is 177 Å². The Hall–Kier alpha value is -2.26. The standard InChI is InChI=1S/C42H61NO16/c1-8-42(51)15-27(30-19(34(42)40(50)52-7)11-20-31(36(30)48)37(49)33-23(45)10-9-22(44)32(33)35(20)47)57-28-12-21(43(5)6)38(17(3)53-28)58-29-14-25-39(18(4)54-29)59-41-26(56-25)13-24(46)16(2)55-41/h16-19,21-23,25-30,32-34,36,38-39,41,44-45,48,51H,8-15H2,1-7H3/t16?,17?,18?,19?,21?,22?,23?,25?,26?,27?,28?,29?,30?,32?,33?,34-,36?,38?,39?,41?,42+/m0/s1. The summed E-state index contributed by atoms with van der Waals surface area (Å²) in [5.74, 6) is -7.22. The second-order valence-corrected chi connectivity index (χ2v) is 18.4. The Morgan fingerprint density at radius 3 is 2.17 bits per heavy atom. The Labute approximate surface area is 343 Å². The fourth-order valence-electron chi connectivity index (χ4n) is 11.7. The lowest BCUT2D eigenvalue weighted by molar-refractivity contribution is -0.372. The summed E-state index contributed by atoms with van der Waals surface area (Å²) in [6, 6.07) is -0.273. The molecule has 6 fully saturated rings. The lowest BCUT2D eigenvalue weighted by atomic mass is 9.52. The summed E-state index contributed by atoms with van der Waals surface area (Å²) in [6.45, 7) is 7.19. The number of carbonyl (C=O) groups excluding carboxylic acids is 4. The number of hydrogen-bond acceptors (Lipinski definition) is 17. The molecular formula is C42H61NO16. The first kappa shape index (κ1) is 43.4. The van der Waals surface area contributed by atoms with Gasteiger partial charge in [-0.2, -0.15) is 0 Å². The van der Waals surface area contributed by atoms with Gasteiger partial charge in [-0.05, 0) is 66.5 Å². The number of fused-ring (bicyclic) bond motifs is 4. The Balaban J connectivity index is 1.02. The van der Waals surface area contributed by atoms with E-state index < -0.39 is 139 Å². The van der Waals surface area contributed by atoms with E-state index >= 15 is 0 Å². The molecule has 21 atom stereocenters. The van der Waals surface area contributed by atoms with Gasteiger partial charge >= 0.3 is 5.97 Å². The van der Waals surface area contributed by atoms with E-state index in [1.807, 2.05) is 32.8 Å². The van der Waals surface area contributed by atoms with Crippen LogP contribution in [0.4, 0.5) is 0 Å². The second kappa shape index (κ2) is 16.5. The number of Topliss-reactive ketones (excluding diaryl/α,β-unsaturated/α-hetero) is 3. The number of hydrogen-bond donors (Lipinski definition) is 4. The van der Waals surface area contributed by atoms with Crippen LogP contribution in [-0.4, -0.2) is 168 Å². The third-order valence-electron chi connectivity index (χ3n) is 14.8. The quantitative estimate of drug-likeness (QED) is 0.254. The van der Waals surface area contributed by atoms with Crippen LogP contribution in [0.25, 0.3) is 0 Å². The van der Waals surface area contributed by atoms with Gasteiger partial charge < -0.3 is 63.2 Å². The fourth-order valence-corrected chi connectivity index (χ4v) is 11.7. The van der Waals surface area contributed by atoms with E-state index in [2.05, 4.69) is 0 Å². The average molecular weight is 836 g/mol. The Kier molecular flexibility index (Phi) is 12.1. The van der Waals surface area contributed by atoms with E-state index in [4.69, 9.17) is 37.9 Å². The Bertz CT molecular complexity index is 1690. The summed E-state index contributed by atoms with van der Waals surface area (Å²) < 4.78 is 49.9. The minimum absolute atomic E-state index is 0.0205. The number of ketones is 3. The maximum Gasteiger partial charge on any atom is 0.311 e. The molecule has 8 rings (SSSR count). The first-order chi connectivity index (χ1) is 28.0. The molecule has 0 aromatic carbocycles. The molecule has 4 aliphatic heterocycles. The summed E-state index contributed by atoms with van der Waals surface area (Å²) in [5, 5.41) is 46.2. The SMILES string of the molecule is CC[C@@]1(O)CC(OC2CC(N(C)C)C(OC3CC4OC5CC(=O)C(C)OC5OC4C(C)O3)C(C)O2)C2C(O)C3=C(CC2[C@H]1C(=O)OC)C(=O)C1C(O)CCC(O)C1C3=O. The molecule has 4 N–H and O–H groups in total. The van der Waals surface area contributed by atoms with Crippen molar-refractivity contribution in [3.63, 3.8) is 0 Å². The van der Waals surface area contributed by atoms with Crippen molar-refractivity contribution in [1.82, 2.24) is 4.90 Å². The van der Waals surface area contributed by atoms with Crippen LogP contribution >= 0.6 is 0 Å². The van der Waals surface area contributed by atoms with Gasteiger partial charge in [-0.25, -0.2) is 0 Å². The third-order valence-corrected chi connectivity index (χ3v) is 14.8. The number of aliphatic hydroxyl groups is 4. The van der Waals surface area contributed by atoms with E-state index in [1.165, 1.54) is 7.11 Å². The van der Waals surface area contributed by atoms with Crippen molar-refractivity contribution in [2.24, 2.45) is 29.6 Å². The molecule has 0 radical (unpaired) electrons. The maximum absolute atomic E-state index is 14.2. The number of methoxy groups -OCH3 is 1. The molecule has 0 aromatic heterocycles. The molecule has 4 aliphatic carbocycles. The molecular weight excluding hydrogens is 774 g/mol. The minimum Gasteiger partial charge on any atom is -0.469 e. The average Bonchev–Trinajstić information content (AvgIpc) is 3.18. The minimum atomic E-state index is -1.67. The van der Waals surface area contributed by atoms with Crippen molar-refractivity contribution < 1.29 is 77.5 Å². The maximum atomic E-state index is 14.2. The zero-order valence-electron chi connectivity index (χ0n) is 34.8. The predicted octanol–water partition coefficient (Wildman–Crippen LogP) is 0.341. The summed E-state index contributed by atoms with van der Waals surface area (Å²) in [7, 11) is 5.04. The van der Waals surface area contributed by atoms with Crippen LogP contribution in [0.5, 0.6) is 0 Å². The van der Waals surface area contributed by atoms with Gasteiger partial charge in [0.25, 0.3) is 0 Å². The fraction of sp³-hybridized carbons (Fsp3) is 0.857. The number of nitrogens with zero attached hydrogens (tertiary/aromatic N) is 1. The van der Waals surface area contributed by atoms with Gasteiger partial charge in [-0.15, -0.1) is 0 Å². The zero-order chi connectivity index (χ0) is 42.4. The molecule has 0 amide bonds. The van der Waals surface area contributed by atoms with E-state index in [9.17, 15) is 39.6 Å². The van der Waals surface area contributed by atoms with Crippen LogP contribution in [-0.2, 0) is 57.1 Å². The molecule has 0 bridgehead atoms. The van der Waals surface area contributed by atoms with Gasteiger partial charge in [0.15, 0.2) is 36.2 Å². The number of likely N-dealkylation sites (N-methyl/N-ethyl adjacent to an activating group) is 1. The lowest BCUT2D eigenvalue weighted by Crippen LogP contribution is -2.64. The molecule has 17 nitrogen and oxygen atoms in total. The Morgan fingerprint density at radius 2 is 1.51 bits per heavy atom. The first-order valence-electron chi connectivity index (χ1n) is 21.4. The van der Waals surface area contributed by atoms with Crippen molar-refractivity contribution in [3.05, 3.63) is 11.1 Å². The molecule has 330 valence electrons. The van der Waals surface area contributed by atoms with Crippen molar-refractivity contribution in [3.8, 4) is 0 Å². The van der Waals surface area contributed by atoms with E-state index in [0.29, 0.717) is 12.8 Å². The number of ether oxygens (including phenoxy) is 8. The smallest absolute Gasteiger partial charge is 0.311 e. The topological polar surface area (TPSA) is 226 Å². The number of carbonyl (C=O) groups is 4. The highest BCUT2D eigenvalue weighted by Gasteiger charge is 2.64. The van der Waals surface area contributed by atoms with Gasteiger partial charge in [0, 0.05) is 48.8 Å². The van der Waals surface area contributed by atoms with E-state index in [-0.39, 0.29) is 61.5 Å². The van der Waals surface area contributed by atoms with E-state index in [0.717, 1.165) is 0 Å². The van der Waals surface area contributed by atoms with Crippen LogP contribution < -0.4 is 0 Å². The molecule has 4 heterocycles. The van der Waals surface area contributed by atoms with Crippen LogP contribution in [0.1, 0.15) is 79.1 Å². The highest BCUT2D eigenvalue weighted by molar-refractivity contribution is 6.15. The number of rotatable bonds is 7. The van der Waals surface area contributed by atoms with Gasteiger partial charge in [-0.1, -0.05) is 6.92 Å². The zero-order valence-corrected chi connectivity index (χ0v) is 34.8. The van der Waals surface area contributed by atoms with E-state index in [1.54, 1.807) is 13.8 Å². The summed E-state index contributed by atoms with van der Waals surface area (Å²) in [6.07, 6.45) is -9.39. The largest absolute Gasteiger partial charge is 0.469 e. The molecule has 4 saturated heterocycles. The van der Waals surface area contributed by atoms with Crippen molar-refractivity contribution >= 4 is 23.3 Å². The molecule has 17 heteroatoms. The van der Waals surface area contributed by atoms with Gasteiger partial charge in [0.2, 0.25) is 0 Å².